The van der Waals surface area contributed by atoms with Crippen molar-refractivity contribution in [3.63, 3.8) is 0 Å². The number of pyridine rings is 1. The van der Waals surface area contributed by atoms with Crippen LogP contribution in [0.3, 0.4) is 0 Å². The van der Waals surface area contributed by atoms with Crippen LogP contribution in [0.2, 0.25) is 0 Å². The summed E-state index contributed by atoms with van der Waals surface area (Å²) in [6, 6.07) is 9.71. The minimum Gasteiger partial charge on any atom is -0.451 e. The SMILES string of the molecule is COCOc1cc(Br)c2ccccc2n1. The van der Waals surface area contributed by atoms with Gasteiger partial charge in [-0.2, -0.15) is 0 Å². The van der Waals surface area contributed by atoms with Crippen molar-refractivity contribution in [2.45, 2.75) is 0 Å². The van der Waals surface area contributed by atoms with Crippen LogP contribution in [0.15, 0.2) is 34.8 Å². The Morgan fingerprint density at radius 1 is 1.33 bits per heavy atom. The van der Waals surface area contributed by atoms with E-state index >= 15 is 0 Å². The first kappa shape index (κ1) is 10.4. The first-order valence-electron chi connectivity index (χ1n) is 4.48. The van der Waals surface area contributed by atoms with Gasteiger partial charge >= 0.3 is 0 Å². The second-order valence-electron chi connectivity index (χ2n) is 3.01. The van der Waals surface area contributed by atoms with E-state index in [0.717, 1.165) is 15.4 Å². The summed E-state index contributed by atoms with van der Waals surface area (Å²) >= 11 is 3.48. The molecule has 0 aliphatic heterocycles. The minimum atomic E-state index is 0.206. The van der Waals surface area contributed by atoms with E-state index in [-0.39, 0.29) is 6.79 Å². The predicted octanol–water partition coefficient (Wildman–Crippen LogP) is 2.98. The standard InChI is InChI=1S/C11H10BrNO2/c1-14-7-15-11-6-9(12)8-4-2-3-5-10(8)13-11/h2-6H,7H2,1H3. The van der Waals surface area contributed by atoms with Crippen LogP contribution < -0.4 is 4.74 Å². The molecule has 0 saturated heterocycles. The number of para-hydroxylation sites is 1. The van der Waals surface area contributed by atoms with Crippen molar-refractivity contribution >= 4 is 26.8 Å². The van der Waals surface area contributed by atoms with E-state index in [1.54, 1.807) is 7.11 Å². The lowest BCUT2D eigenvalue weighted by molar-refractivity contribution is 0.0480. The molecular weight excluding hydrogens is 258 g/mol. The molecule has 78 valence electrons. The first-order valence-corrected chi connectivity index (χ1v) is 5.27. The molecule has 0 aliphatic carbocycles. The van der Waals surface area contributed by atoms with Gasteiger partial charge in [0.2, 0.25) is 5.88 Å². The lowest BCUT2D eigenvalue weighted by Gasteiger charge is -2.06. The zero-order valence-corrected chi connectivity index (χ0v) is 9.82. The molecule has 0 bridgehead atoms. The molecule has 4 heteroatoms. The second-order valence-corrected chi connectivity index (χ2v) is 3.86. The van der Waals surface area contributed by atoms with Gasteiger partial charge in [-0.25, -0.2) is 4.98 Å². The van der Waals surface area contributed by atoms with Gasteiger partial charge in [-0.3, -0.25) is 0 Å². The highest BCUT2D eigenvalue weighted by Gasteiger charge is 2.03. The molecule has 2 rings (SSSR count). The molecule has 2 aromatic rings. The van der Waals surface area contributed by atoms with E-state index in [1.807, 2.05) is 30.3 Å². The molecule has 0 radical (unpaired) electrons. The molecule has 1 heterocycles. The average Bonchev–Trinajstić information content (AvgIpc) is 2.26. The summed E-state index contributed by atoms with van der Waals surface area (Å²) < 4.78 is 11.1. The smallest absolute Gasteiger partial charge is 0.217 e. The van der Waals surface area contributed by atoms with Crippen molar-refractivity contribution in [3.8, 4) is 5.88 Å². The minimum absolute atomic E-state index is 0.206. The molecule has 0 fully saturated rings. The lowest BCUT2D eigenvalue weighted by atomic mass is 10.2. The van der Waals surface area contributed by atoms with Gasteiger partial charge in [0, 0.05) is 23.0 Å². The van der Waals surface area contributed by atoms with Crippen molar-refractivity contribution < 1.29 is 9.47 Å². The Labute approximate surface area is 96.2 Å². The maximum atomic E-state index is 5.28. The Kier molecular flexibility index (Phi) is 3.18. The summed E-state index contributed by atoms with van der Waals surface area (Å²) in [6.45, 7) is 0.206. The number of methoxy groups -OCH3 is 1. The molecule has 1 aromatic carbocycles. The topological polar surface area (TPSA) is 31.4 Å². The van der Waals surface area contributed by atoms with Gasteiger partial charge in [-0.05, 0) is 22.0 Å². The van der Waals surface area contributed by atoms with Crippen LogP contribution in [0.4, 0.5) is 0 Å². The largest absolute Gasteiger partial charge is 0.451 e. The zero-order chi connectivity index (χ0) is 10.7. The van der Waals surface area contributed by atoms with Crippen molar-refractivity contribution in [2.75, 3.05) is 13.9 Å². The van der Waals surface area contributed by atoms with Crippen LogP contribution in [0.25, 0.3) is 10.9 Å². The Morgan fingerprint density at radius 3 is 2.93 bits per heavy atom. The third-order valence-electron chi connectivity index (χ3n) is 1.97. The molecule has 15 heavy (non-hydrogen) atoms. The van der Waals surface area contributed by atoms with Gasteiger partial charge in [-0.1, -0.05) is 18.2 Å². The summed E-state index contributed by atoms with van der Waals surface area (Å²) in [4.78, 5) is 4.34. The number of ether oxygens (including phenoxy) is 2. The molecule has 3 nitrogen and oxygen atoms in total. The van der Waals surface area contributed by atoms with Crippen LogP contribution in [0, 0.1) is 0 Å². The average molecular weight is 268 g/mol. The van der Waals surface area contributed by atoms with Gasteiger partial charge in [0.05, 0.1) is 5.52 Å². The molecule has 0 aliphatic rings. The van der Waals surface area contributed by atoms with Gasteiger partial charge < -0.3 is 9.47 Å². The first-order chi connectivity index (χ1) is 7.31. The lowest BCUT2D eigenvalue weighted by Crippen LogP contribution is -2.00. The fraction of sp³-hybridized carbons (Fsp3) is 0.182. The summed E-state index contributed by atoms with van der Waals surface area (Å²) in [6.07, 6.45) is 0. The number of hydrogen-bond acceptors (Lipinski definition) is 3. The predicted molar refractivity (Wildman–Crippen MR) is 61.9 cm³/mol. The van der Waals surface area contributed by atoms with Crippen molar-refractivity contribution in [2.24, 2.45) is 0 Å². The molecule has 0 unspecified atom stereocenters. The van der Waals surface area contributed by atoms with E-state index in [2.05, 4.69) is 20.9 Å². The van der Waals surface area contributed by atoms with E-state index in [4.69, 9.17) is 9.47 Å². The number of benzene rings is 1. The van der Waals surface area contributed by atoms with E-state index in [0.29, 0.717) is 5.88 Å². The van der Waals surface area contributed by atoms with Gasteiger partial charge in [0.15, 0.2) is 6.79 Å². The molecule has 0 saturated carbocycles. The number of nitrogens with zero attached hydrogens (tertiary/aromatic N) is 1. The third-order valence-corrected chi connectivity index (χ3v) is 2.62. The number of fused-ring (bicyclic) bond motifs is 1. The van der Waals surface area contributed by atoms with Crippen molar-refractivity contribution in [3.05, 3.63) is 34.8 Å². The van der Waals surface area contributed by atoms with Crippen LogP contribution in [0.1, 0.15) is 0 Å². The normalized spacial score (nSPS) is 10.5. The molecular formula is C11H10BrNO2. The summed E-state index contributed by atoms with van der Waals surface area (Å²) in [5, 5.41) is 1.07. The Balaban J connectivity index is 2.43. The quantitative estimate of drug-likeness (QED) is 0.802. The highest BCUT2D eigenvalue weighted by Crippen LogP contribution is 2.26. The maximum absolute atomic E-state index is 5.28. The molecule has 0 atom stereocenters. The van der Waals surface area contributed by atoms with E-state index in [9.17, 15) is 0 Å². The van der Waals surface area contributed by atoms with Gasteiger partial charge in [-0.15, -0.1) is 0 Å². The number of halogens is 1. The molecule has 0 N–H and O–H groups in total. The van der Waals surface area contributed by atoms with Gasteiger partial charge in [0.1, 0.15) is 0 Å². The maximum Gasteiger partial charge on any atom is 0.217 e. The van der Waals surface area contributed by atoms with Crippen molar-refractivity contribution in [1.82, 2.24) is 4.98 Å². The second kappa shape index (κ2) is 4.59. The number of aromatic nitrogens is 1. The molecule has 0 spiro atoms. The van der Waals surface area contributed by atoms with E-state index in [1.165, 1.54) is 0 Å². The third kappa shape index (κ3) is 2.27. The van der Waals surface area contributed by atoms with Crippen LogP contribution in [-0.4, -0.2) is 18.9 Å². The fourth-order valence-corrected chi connectivity index (χ4v) is 1.83. The Hall–Kier alpha value is -1.13. The van der Waals surface area contributed by atoms with Crippen LogP contribution in [0.5, 0.6) is 5.88 Å². The summed E-state index contributed by atoms with van der Waals surface area (Å²) in [5.41, 5.74) is 0.901. The van der Waals surface area contributed by atoms with Crippen LogP contribution in [-0.2, 0) is 4.74 Å². The van der Waals surface area contributed by atoms with E-state index < -0.39 is 0 Å². The summed E-state index contributed by atoms with van der Waals surface area (Å²) in [5.74, 6) is 0.558. The highest BCUT2D eigenvalue weighted by molar-refractivity contribution is 9.10. The molecule has 0 amide bonds. The van der Waals surface area contributed by atoms with Crippen LogP contribution >= 0.6 is 15.9 Å². The van der Waals surface area contributed by atoms with Gasteiger partial charge in [0.25, 0.3) is 0 Å². The number of hydrogen-bond donors (Lipinski definition) is 0. The molecule has 1 aromatic heterocycles. The fourth-order valence-electron chi connectivity index (χ4n) is 1.30. The monoisotopic (exact) mass is 267 g/mol. The highest BCUT2D eigenvalue weighted by atomic mass is 79.9. The zero-order valence-electron chi connectivity index (χ0n) is 8.24. The Bertz CT molecular complexity index is 473. The number of rotatable bonds is 3. The van der Waals surface area contributed by atoms with Crippen molar-refractivity contribution in [1.29, 1.82) is 0 Å². The Morgan fingerprint density at radius 2 is 2.13 bits per heavy atom. The summed E-state index contributed by atoms with van der Waals surface area (Å²) in [7, 11) is 1.58.